The normalized spacial score (nSPS) is 19.6. The van der Waals surface area contributed by atoms with Crippen LogP contribution in [0.25, 0.3) is 0 Å². The van der Waals surface area contributed by atoms with E-state index in [0.717, 1.165) is 13.2 Å². The molecule has 0 fully saturated rings. The number of carbonyl (C=O) groups excluding carboxylic acids is 2. The fraction of sp³-hybridized carbons (Fsp3) is 0.455. The number of ketones is 1. The van der Waals surface area contributed by atoms with Gasteiger partial charge in [-0.05, 0) is 24.5 Å². The Hall–Kier alpha value is -1.37. The topological polar surface area (TPSA) is 43.4 Å². The summed E-state index contributed by atoms with van der Waals surface area (Å²) in [6, 6.07) is 0.991. The average Bonchev–Trinajstić information content (AvgIpc) is 2.73. The Kier molecular flexibility index (Phi) is 3.18. The molecule has 0 radical (unpaired) electrons. The quantitative estimate of drug-likeness (QED) is 0.586. The smallest absolute Gasteiger partial charge is 0.425 e. The van der Waals surface area contributed by atoms with Gasteiger partial charge in [0.1, 0.15) is 10.8 Å². The summed E-state index contributed by atoms with van der Waals surface area (Å²) < 4.78 is 42.1. The van der Waals surface area contributed by atoms with E-state index >= 15 is 0 Å². The number of rotatable bonds is 1. The second-order valence-electron chi connectivity index (χ2n) is 3.94. The monoisotopic (exact) mass is 278 g/mol. The van der Waals surface area contributed by atoms with Crippen molar-refractivity contribution in [1.82, 2.24) is 0 Å². The summed E-state index contributed by atoms with van der Waals surface area (Å²) in [6.07, 6.45) is -3.97. The summed E-state index contributed by atoms with van der Waals surface area (Å²) in [5.74, 6) is -2.22. The number of hydrogen-bond acceptors (Lipinski definition) is 4. The average molecular weight is 278 g/mol. The number of fused-ring (bicyclic) bond motifs is 1. The Bertz CT molecular complexity index is 504. The van der Waals surface area contributed by atoms with Crippen LogP contribution in [-0.4, -0.2) is 18.9 Å². The van der Waals surface area contributed by atoms with Crippen LogP contribution < -0.4 is 0 Å². The second kappa shape index (κ2) is 4.38. The summed E-state index contributed by atoms with van der Waals surface area (Å²) in [5, 5.41) is 0. The van der Waals surface area contributed by atoms with Gasteiger partial charge < -0.3 is 4.74 Å². The SMILES string of the molecule is COC(=O)C1CCc2cc(C(F)(F)F)sc2C1=O. The van der Waals surface area contributed by atoms with Gasteiger partial charge in [0, 0.05) is 0 Å². The van der Waals surface area contributed by atoms with Gasteiger partial charge in [0.2, 0.25) is 0 Å². The zero-order chi connectivity index (χ0) is 13.5. The van der Waals surface area contributed by atoms with E-state index in [2.05, 4.69) is 4.74 Å². The molecule has 0 aliphatic heterocycles. The van der Waals surface area contributed by atoms with Crippen molar-refractivity contribution in [2.24, 2.45) is 5.92 Å². The van der Waals surface area contributed by atoms with Crippen LogP contribution in [0.2, 0.25) is 0 Å². The summed E-state index contributed by atoms with van der Waals surface area (Å²) in [4.78, 5) is 22.5. The molecule has 0 saturated carbocycles. The van der Waals surface area contributed by atoms with E-state index < -0.39 is 28.7 Å². The number of alkyl halides is 3. The predicted octanol–water partition coefficient (Wildman–Crippen LogP) is 2.69. The minimum atomic E-state index is -4.46. The third-order valence-electron chi connectivity index (χ3n) is 2.82. The van der Waals surface area contributed by atoms with Gasteiger partial charge in [-0.3, -0.25) is 9.59 Å². The zero-order valence-electron chi connectivity index (χ0n) is 9.34. The second-order valence-corrected chi connectivity index (χ2v) is 4.99. The van der Waals surface area contributed by atoms with E-state index in [-0.39, 0.29) is 17.7 Å². The number of ether oxygens (including phenoxy) is 1. The number of esters is 1. The van der Waals surface area contributed by atoms with E-state index in [4.69, 9.17) is 0 Å². The minimum absolute atomic E-state index is 0.0315. The molecule has 1 aromatic heterocycles. The molecule has 0 saturated heterocycles. The van der Waals surface area contributed by atoms with Gasteiger partial charge in [0.05, 0.1) is 12.0 Å². The van der Waals surface area contributed by atoms with Crippen LogP contribution in [0.5, 0.6) is 0 Å². The number of thiophene rings is 1. The molecule has 1 aromatic rings. The van der Waals surface area contributed by atoms with Gasteiger partial charge in [0.25, 0.3) is 0 Å². The van der Waals surface area contributed by atoms with Gasteiger partial charge in [0.15, 0.2) is 5.78 Å². The number of carbonyl (C=O) groups is 2. The molecular weight excluding hydrogens is 269 g/mol. The molecule has 98 valence electrons. The highest BCUT2D eigenvalue weighted by atomic mass is 32.1. The first kappa shape index (κ1) is 13.1. The van der Waals surface area contributed by atoms with Crippen LogP contribution in [0, 0.1) is 5.92 Å². The number of methoxy groups -OCH3 is 1. The molecule has 0 aromatic carbocycles. The summed E-state index contributed by atoms with van der Waals surface area (Å²) in [5.41, 5.74) is 0.373. The van der Waals surface area contributed by atoms with Crippen molar-refractivity contribution >= 4 is 23.1 Å². The molecular formula is C11H9F3O3S. The lowest BCUT2D eigenvalue weighted by atomic mass is 9.88. The number of halogens is 3. The van der Waals surface area contributed by atoms with E-state index in [0.29, 0.717) is 16.9 Å². The lowest BCUT2D eigenvalue weighted by Gasteiger charge is -2.18. The van der Waals surface area contributed by atoms with Crippen LogP contribution >= 0.6 is 11.3 Å². The first-order valence-electron chi connectivity index (χ1n) is 5.16. The highest BCUT2D eigenvalue weighted by Crippen LogP contribution is 2.40. The molecule has 0 spiro atoms. The van der Waals surface area contributed by atoms with Crippen LogP contribution in [-0.2, 0) is 22.1 Å². The highest BCUT2D eigenvalue weighted by molar-refractivity contribution is 7.14. The van der Waals surface area contributed by atoms with Crippen LogP contribution in [0.3, 0.4) is 0 Å². The molecule has 1 atom stereocenters. The summed E-state index contributed by atoms with van der Waals surface area (Å²) in [6.45, 7) is 0. The number of aryl methyl sites for hydroxylation is 1. The van der Waals surface area contributed by atoms with Gasteiger partial charge in [-0.2, -0.15) is 13.2 Å². The molecule has 0 N–H and O–H groups in total. The first-order chi connectivity index (χ1) is 8.34. The molecule has 1 aliphatic carbocycles. The van der Waals surface area contributed by atoms with Crippen LogP contribution in [0.1, 0.15) is 26.5 Å². The largest absolute Gasteiger partial charge is 0.468 e. The lowest BCUT2D eigenvalue weighted by Crippen LogP contribution is -2.29. The molecule has 0 amide bonds. The van der Waals surface area contributed by atoms with E-state index in [1.54, 1.807) is 0 Å². The van der Waals surface area contributed by atoms with Crippen molar-refractivity contribution < 1.29 is 27.5 Å². The highest BCUT2D eigenvalue weighted by Gasteiger charge is 2.39. The molecule has 3 nitrogen and oxygen atoms in total. The maximum atomic E-state index is 12.5. The van der Waals surface area contributed by atoms with Crippen LogP contribution in [0.4, 0.5) is 13.2 Å². The van der Waals surface area contributed by atoms with E-state index in [1.807, 2.05) is 0 Å². The van der Waals surface area contributed by atoms with E-state index in [1.165, 1.54) is 0 Å². The van der Waals surface area contributed by atoms with Gasteiger partial charge in [-0.25, -0.2) is 0 Å². The van der Waals surface area contributed by atoms with Crippen molar-refractivity contribution in [3.05, 3.63) is 21.4 Å². The Labute approximate surface area is 105 Å². The molecule has 2 rings (SSSR count). The first-order valence-corrected chi connectivity index (χ1v) is 5.98. The molecule has 1 heterocycles. The maximum absolute atomic E-state index is 12.5. The third-order valence-corrected chi connectivity index (χ3v) is 4.05. The minimum Gasteiger partial charge on any atom is -0.468 e. The fourth-order valence-electron chi connectivity index (χ4n) is 1.92. The maximum Gasteiger partial charge on any atom is 0.425 e. The van der Waals surface area contributed by atoms with Gasteiger partial charge in [-0.15, -0.1) is 11.3 Å². The molecule has 1 aliphatic rings. The molecule has 1 unspecified atom stereocenters. The Morgan fingerprint density at radius 2 is 2.17 bits per heavy atom. The van der Waals surface area contributed by atoms with Crippen molar-refractivity contribution in [1.29, 1.82) is 0 Å². The van der Waals surface area contributed by atoms with Crippen LogP contribution in [0.15, 0.2) is 6.07 Å². The molecule has 0 bridgehead atoms. The summed E-state index contributed by atoms with van der Waals surface area (Å²) >= 11 is 0.400. The Balaban J connectivity index is 2.36. The third kappa shape index (κ3) is 2.14. The molecule has 18 heavy (non-hydrogen) atoms. The fourth-order valence-corrected chi connectivity index (χ4v) is 2.99. The number of Topliss-reactive ketones (excluding diaryl/α,β-unsaturated/α-hetero) is 1. The molecule has 7 heteroatoms. The zero-order valence-corrected chi connectivity index (χ0v) is 10.2. The van der Waals surface area contributed by atoms with Crippen molar-refractivity contribution in [3.8, 4) is 0 Å². The number of hydrogen-bond donors (Lipinski definition) is 0. The van der Waals surface area contributed by atoms with Crippen molar-refractivity contribution in [2.45, 2.75) is 19.0 Å². The Morgan fingerprint density at radius 3 is 2.72 bits per heavy atom. The van der Waals surface area contributed by atoms with Crippen molar-refractivity contribution in [3.63, 3.8) is 0 Å². The van der Waals surface area contributed by atoms with Gasteiger partial charge >= 0.3 is 12.1 Å². The standard InChI is InChI=1S/C11H9F3O3S/c1-17-10(16)6-3-2-5-4-7(11(12,13)14)18-9(5)8(6)15/h4,6H,2-3H2,1H3. The Morgan fingerprint density at radius 1 is 1.50 bits per heavy atom. The van der Waals surface area contributed by atoms with Gasteiger partial charge in [-0.1, -0.05) is 0 Å². The van der Waals surface area contributed by atoms with Crippen molar-refractivity contribution in [2.75, 3.05) is 7.11 Å². The predicted molar refractivity (Wildman–Crippen MR) is 57.5 cm³/mol. The lowest BCUT2D eigenvalue weighted by molar-refractivity contribution is -0.144. The van der Waals surface area contributed by atoms with E-state index in [9.17, 15) is 22.8 Å². The summed E-state index contributed by atoms with van der Waals surface area (Å²) in [7, 11) is 1.15.